The first-order valence-corrected chi connectivity index (χ1v) is 8.37. The van der Waals surface area contributed by atoms with Gasteiger partial charge in [-0.05, 0) is 56.8 Å². The fraction of sp³-hybridized carbons (Fsp3) is 0.667. The third kappa shape index (κ3) is 2.75. The van der Waals surface area contributed by atoms with Crippen molar-refractivity contribution in [2.24, 2.45) is 5.73 Å². The summed E-state index contributed by atoms with van der Waals surface area (Å²) in [6, 6.07) is 8.35. The molecule has 2 heterocycles. The minimum Gasteiger partial charge on any atom is -0.329 e. The number of aryl methyl sites for hydroxylation is 1. The van der Waals surface area contributed by atoms with Crippen molar-refractivity contribution in [3.63, 3.8) is 0 Å². The van der Waals surface area contributed by atoms with Gasteiger partial charge in [-0.15, -0.1) is 0 Å². The monoisotopic (exact) mass is 287 g/mol. The molecule has 1 aromatic rings. The topological polar surface area (TPSA) is 32.5 Å². The Morgan fingerprint density at radius 1 is 1.29 bits per heavy atom. The lowest BCUT2D eigenvalue weighted by Gasteiger charge is -2.46. The molecule has 3 heteroatoms. The van der Waals surface area contributed by atoms with Crippen molar-refractivity contribution in [3.8, 4) is 0 Å². The van der Waals surface area contributed by atoms with Crippen LogP contribution in [0.15, 0.2) is 18.2 Å². The highest BCUT2D eigenvalue weighted by atomic mass is 15.3. The Morgan fingerprint density at radius 2 is 2.10 bits per heavy atom. The molecule has 3 atom stereocenters. The molecular weight excluding hydrogens is 258 g/mol. The Bertz CT molecular complexity index is 499. The van der Waals surface area contributed by atoms with Crippen molar-refractivity contribution >= 4 is 0 Å². The van der Waals surface area contributed by atoms with Crippen LogP contribution in [-0.4, -0.2) is 48.1 Å². The zero-order valence-corrected chi connectivity index (χ0v) is 13.7. The van der Waals surface area contributed by atoms with Crippen LogP contribution in [0, 0.1) is 13.8 Å². The number of nitrogens with zero attached hydrogens (tertiary/aromatic N) is 2. The molecule has 2 N–H and O–H groups in total. The Morgan fingerprint density at radius 3 is 2.86 bits per heavy atom. The molecular formula is C18H29N3. The van der Waals surface area contributed by atoms with Crippen molar-refractivity contribution < 1.29 is 0 Å². The molecule has 2 saturated heterocycles. The van der Waals surface area contributed by atoms with E-state index in [1.165, 1.54) is 49.2 Å². The van der Waals surface area contributed by atoms with E-state index in [4.69, 9.17) is 5.73 Å². The molecule has 3 unspecified atom stereocenters. The molecule has 2 fully saturated rings. The van der Waals surface area contributed by atoms with Crippen LogP contribution in [0.1, 0.15) is 42.5 Å². The lowest BCUT2D eigenvalue weighted by molar-refractivity contribution is 0.0294. The van der Waals surface area contributed by atoms with Crippen LogP contribution >= 0.6 is 0 Å². The molecule has 116 valence electrons. The molecule has 1 aromatic carbocycles. The van der Waals surface area contributed by atoms with Gasteiger partial charge in [0.15, 0.2) is 0 Å². The van der Waals surface area contributed by atoms with E-state index in [1.807, 2.05) is 0 Å². The predicted molar refractivity (Wildman–Crippen MR) is 88.5 cm³/mol. The number of hydrogen-bond acceptors (Lipinski definition) is 3. The van der Waals surface area contributed by atoms with Crippen LogP contribution in [0.2, 0.25) is 0 Å². The summed E-state index contributed by atoms with van der Waals surface area (Å²) in [6.45, 7) is 11.2. The molecule has 0 saturated carbocycles. The van der Waals surface area contributed by atoms with E-state index in [0.29, 0.717) is 18.6 Å². The summed E-state index contributed by atoms with van der Waals surface area (Å²) in [5.41, 5.74) is 10.4. The van der Waals surface area contributed by atoms with Crippen LogP contribution in [0.5, 0.6) is 0 Å². The SMILES string of the molecule is Cc1cccc(C(CN)N2CC3CCCN3CC2C)c1C. The van der Waals surface area contributed by atoms with E-state index in [2.05, 4.69) is 48.8 Å². The van der Waals surface area contributed by atoms with E-state index in [9.17, 15) is 0 Å². The molecule has 2 aliphatic rings. The summed E-state index contributed by atoms with van der Waals surface area (Å²) in [7, 11) is 0. The minimum atomic E-state index is 0.364. The Labute approximate surface area is 129 Å². The summed E-state index contributed by atoms with van der Waals surface area (Å²) in [4.78, 5) is 5.34. The van der Waals surface area contributed by atoms with Crippen molar-refractivity contribution in [3.05, 3.63) is 34.9 Å². The predicted octanol–water partition coefficient (Wildman–Crippen LogP) is 2.47. The van der Waals surface area contributed by atoms with Gasteiger partial charge in [-0.2, -0.15) is 0 Å². The number of fused-ring (bicyclic) bond motifs is 1. The van der Waals surface area contributed by atoms with Gasteiger partial charge in [0.2, 0.25) is 0 Å². The van der Waals surface area contributed by atoms with Gasteiger partial charge in [-0.25, -0.2) is 0 Å². The number of benzene rings is 1. The first-order valence-electron chi connectivity index (χ1n) is 8.37. The second kappa shape index (κ2) is 6.07. The summed E-state index contributed by atoms with van der Waals surface area (Å²) >= 11 is 0. The van der Waals surface area contributed by atoms with Crippen molar-refractivity contribution in [2.75, 3.05) is 26.2 Å². The van der Waals surface area contributed by atoms with Crippen LogP contribution < -0.4 is 5.73 Å². The molecule has 0 aromatic heterocycles. The van der Waals surface area contributed by atoms with Crippen molar-refractivity contribution in [1.29, 1.82) is 0 Å². The van der Waals surface area contributed by atoms with Gasteiger partial charge in [0.05, 0.1) is 0 Å². The lowest BCUT2D eigenvalue weighted by Crippen LogP contribution is -2.56. The smallest absolute Gasteiger partial charge is 0.0477 e. The van der Waals surface area contributed by atoms with E-state index >= 15 is 0 Å². The molecule has 0 aliphatic carbocycles. The van der Waals surface area contributed by atoms with Crippen molar-refractivity contribution in [2.45, 2.75) is 51.7 Å². The normalized spacial score (nSPS) is 28.6. The van der Waals surface area contributed by atoms with Gasteiger partial charge in [0.1, 0.15) is 0 Å². The van der Waals surface area contributed by atoms with Crippen molar-refractivity contribution in [1.82, 2.24) is 9.80 Å². The Balaban J connectivity index is 1.87. The zero-order valence-electron chi connectivity index (χ0n) is 13.7. The Hall–Kier alpha value is -0.900. The van der Waals surface area contributed by atoms with Gasteiger partial charge in [0, 0.05) is 37.8 Å². The fourth-order valence-electron chi connectivity index (χ4n) is 4.22. The molecule has 0 bridgehead atoms. The minimum absolute atomic E-state index is 0.364. The highest BCUT2D eigenvalue weighted by Gasteiger charge is 2.37. The summed E-state index contributed by atoms with van der Waals surface area (Å²) in [6.07, 6.45) is 2.72. The second-order valence-electron chi connectivity index (χ2n) is 6.88. The third-order valence-corrected chi connectivity index (χ3v) is 5.61. The van der Waals surface area contributed by atoms with Gasteiger partial charge >= 0.3 is 0 Å². The zero-order chi connectivity index (χ0) is 15.0. The van der Waals surface area contributed by atoms with Gasteiger partial charge in [-0.3, -0.25) is 9.80 Å². The van der Waals surface area contributed by atoms with Gasteiger partial charge < -0.3 is 5.73 Å². The maximum absolute atomic E-state index is 6.20. The molecule has 3 nitrogen and oxygen atoms in total. The molecule has 2 aliphatic heterocycles. The largest absolute Gasteiger partial charge is 0.329 e. The molecule has 0 amide bonds. The first-order chi connectivity index (χ1) is 10.1. The van der Waals surface area contributed by atoms with E-state index in [1.54, 1.807) is 0 Å². The summed E-state index contributed by atoms with van der Waals surface area (Å²) in [5, 5.41) is 0. The standard InChI is InChI=1S/C18H29N3/c1-13-6-4-8-17(15(13)3)18(10-19)21-12-16-7-5-9-20(16)11-14(21)2/h4,6,8,14,16,18H,5,7,9-12,19H2,1-3H3. The second-order valence-corrected chi connectivity index (χ2v) is 6.88. The highest BCUT2D eigenvalue weighted by molar-refractivity contribution is 5.35. The third-order valence-electron chi connectivity index (χ3n) is 5.61. The van der Waals surface area contributed by atoms with Crippen LogP contribution in [0.3, 0.4) is 0 Å². The number of piperazine rings is 1. The molecule has 0 radical (unpaired) electrons. The molecule has 3 rings (SSSR count). The average molecular weight is 287 g/mol. The Kier molecular flexibility index (Phi) is 4.34. The van der Waals surface area contributed by atoms with Gasteiger partial charge in [-0.1, -0.05) is 18.2 Å². The van der Waals surface area contributed by atoms with Crippen LogP contribution in [0.25, 0.3) is 0 Å². The number of hydrogen-bond donors (Lipinski definition) is 1. The van der Waals surface area contributed by atoms with Crippen LogP contribution in [0.4, 0.5) is 0 Å². The van der Waals surface area contributed by atoms with Gasteiger partial charge in [0.25, 0.3) is 0 Å². The highest BCUT2D eigenvalue weighted by Crippen LogP contribution is 2.32. The lowest BCUT2D eigenvalue weighted by atomic mass is 9.94. The fourth-order valence-corrected chi connectivity index (χ4v) is 4.22. The van der Waals surface area contributed by atoms with E-state index in [0.717, 1.165) is 6.04 Å². The first kappa shape index (κ1) is 15.0. The van der Waals surface area contributed by atoms with Crippen LogP contribution in [-0.2, 0) is 0 Å². The average Bonchev–Trinajstić information content (AvgIpc) is 2.91. The maximum atomic E-state index is 6.20. The van der Waals surface area contributed by atoms with E-state index in [-0.39, 0.29) is 0 Å². The molecule has 21 heavy (non-hydrogen) atoms. The van der Waals surface area contributed by atoms with E-state index < -0.39 is 0 Å². The molecule has 0 spiro atoms. The quantitative estimate of drug-likeness (QED) is 0.927. The maximum Gasteiger partial charge on any atom is 0.0477 e. The summed E-state index contributed by atoms with van der Waals surface area (Å²) < 4.78 is 0. The number of rotatable bonds is 3. The summed E-state index contributed by atoms with van der Waals surface area (Å²) in [5.74, 6) is 0. The number of nitrogens with two attached hydrogens (primary N) is 1.